The molecule has 4 heteroatoms. The van der Waals surface area contributed by atoms with Crippen molar-refractivity contribution in [3.8, 4) is 0 Å². The second kappa shape index (κ2) is 4.51. The van der Waals surface area contributed by atoms with Crippen LogP contribution in [0.2, 0.25) is 0 Å². The SMILES string of the molecule is CN=C(N)NC1CC(c2cccc(F)c2)C1. The number of hydrogen-bond acceptors (Lipinski definition) is 1. The number of aliphatic imine (C=N–C) groups is 1. The molecule has 1 aromatic rings. The molecule has 0 heterocycles. The first kappa shape index (κ1) is 10.9. The minimum atomic E-state index is -0.163. The van der Waals surface area contributed by atoms with E-state index >= 15 is 0 Å². The quantitative estimate of drug-likeness (QED) is 0.589. The Labute approximate surface area is 94.6 Å². The Morgan fingerprint density at radius 2 is 2.25 bits per heavy atom. The number of nitrogens with two attached hydrogens (primary N) is 1. The van der Waals surface area contributed by atoms with Crippen molar-refractivity contribution in [2.75, 3.05) is 7.05 Å². The molecule has 2 rings (SSSR count). The number of benzene rings is 1. The summed E-state index contributed by atoms with van der Waals surface area (Å²) in [4.78, 5) is 3.85. The Kier molecular flexibility index (Phi) is 3.08. The lowest BCUT2D eigenvalue weighted by Crippen LogP contribution is -2.46. The van der Waals surface area contributed by atoms with E-state index in [1.807, 2.05) is 6.07 Å². The number of guanidine groups is 1. The maximum atomic E-state index is 13.0. The van der Waals surface area contributed by atoms with Gasteiger partial charge in [-0.2, -0.15) is 0 Å². The molecule has 0 aliphatic heterocycles. The molecular formula is C12H16FN3. The van der Waals surface area contributed by atoms with Crippen molar-refractivity contribution in [1.29, 1.82) is 0 Å². The standard InChI is InChI=1S/C12H16FN3/c1-15-12(14)16-11-6-9(7-11)8-3-2-4-10(13)5-8/h2-5,9,11H,6-7H2,1H3,(H3,14,15,16). The van der Waals surface area contributed by atoms with Crippen molar-refractivity contribution in [3.63, 3.8) is 0 Å². The van der Waals surface area contributed by atoms with Crippen molar-refractivity contribution >= 4 is 5.96 Å². The van der Waals surface area contributed by atoms with Gasteiger partial charge in [-0.25, -0.2) is 4.39 Å². The summed E-state index contributed by atoms with van der Waals surface area (Å²) in [6.07, 6.45) is 1.97. The van der Waals surface area contributed by atoms with Crippen LogP contribution in [0.3, 0.4) is 0 Å². The lowest BCUT2D eigenvalue weighted by molar-refractivity contribution is 0.323. The lowest BCUT2D eigenvalue weighted by Gasteiger charge is -2.36. The fourth-order valence-corrected chi connectivity index (χ4v) is 2.04. The molecule has 1 saturated carbocycles. The van der Waals surface area contributed by atoms with Crippen LogP contribution in [0.15, 0.2) is 29.3 Å². The monoisotopic (exact) mass is 221 g/mol. The van der Waals surface area contributed by atoms with Crippen LogP contribution >= 0.6 is 0 Å². The van der Waals surface area contributed by atoms with Crippen LogP contribution in [0, 0.1) is 5.82 Å². The third-order valence-corrected chi connectivity index (χ3v) is 3.05. The summed E-state index contributed by atoms with van der Waals surface area (Å²) < 4.78 is 13.0. The molecule has 16 heavy (non-hydrogen) atoms. The largest absolute Gasteiger partial charge is 0.370 e. The van der Waals surface area contributed by atoms with E-state index in [0.29, 0.717) is 17.9 Å². The van der Waals surface area contributed by atoms with Crippen LogP contribution in [0.5, 0.6) is 0 Å². The zero-order chi connectivity index (χ0) is 11.5. The first-order valence-electron chi connectivity index (χ1n) is 5.43. The molecule has 0 saturated heterocycles. The minimum Gasteiger partial charge on any atom is -0.370 e. The van der Waals surface area contributed by atoms with Gasteiger partial charge in [0, 0.05) is 13.1 Å². The van der Waals surface area contributed by atoms with E-state index in [1.165, 1.54) is 6.07 Å². The first-order chi connectivity index (χ1) is 7.69. The van der Waals surface area contributed by atoms with E-state index in [0.717, 1.165) is 18.4 Å². The Morgan fingerprint density at radius 3 is 2.88 bits per heavy atom. The normalized spacial score (nSPS) is 25.0. The van der Waals surface area contributed by atoms with Crippen molar-refractivity contribution < 1.29 is 4.39 Å². The van der Waals surface area contributed by atoms with E-state index in [4.69, 9.17) is 5.73 Å². The molecule has 1 aromatic carbocycles. The molecule has 0 spiro atoms. The van der Waals surface area contributed by atoms with Gasteiger partial charge in [0.2, 0.25) is 0 Å². The van der Waals surface area contributed by atoms with E-state index < -0.39 is 0 Å². The Hall–Kier alpha value is -1.58. The van der Waals surface area contributed by atoms with Crippen LogP contribution in [-0.2, 0) is 0 Å². The van der Waals surface area contributed by atoms with Gasteiger partial charge in [0.05, 0.1) is 0 Å². The number of rotatable bonds is 2. The molecule has 1 fully saturated rings. The molecule has 1 aliphatic carbocycles. The topological polar surface area (TPSA) is 50.4 Å². The summed E-state index contributed by atoms with van der Waals surface area (Å²) in [7, 11) is 1.66. The fourth-order valence-electron chi connectivity index (χ4n) is 2.04. The van der Waals surface area contributed by atoms with E-state index in [-0.39, 0.29) is 5.82 Å². The molecule has 0 atom stereocenters. The maximum absolute atomic E-state index is 13.0. The molecule has 0 aromatic heterocycles. The molecule has 3 N–H and O–H groups in total. The maximum Gasteiger partial charge on any atom is 0.188 e. The zero-order valence-electron chi connectivity index (χ0n) is 9.28. The van der Waals surface area contributed by atoms with Gasteiger partial charge < -0.3 is 11.1 Å². The summed E-state index contributed by atoms with van der Waals surface area (Å²) >= 11 is 0. The molecular weight excluding hydrogens is 205 g/mol. The Bertz CT molecular complexity index is 397. The summed E-state index contributed by atoms with van der Waals surface area (Å²) in [5.41, 5.74) is 6.64. The Morgan fingerprint density at radius 1 is 1.50 bits per heavy atom. The van der Waals surface area contributed by atoms with E-state index in [9.17, 15) is 4.39 Å². The van der Waals surface area contributed by atoms with Gasteiger partial charge in [-0.15, -0.1) is 0 Å². The number of nitrogens with zero attached hydrogens (tertiary/aromatic N) is 1. The van der Waals surface area contributed by atoms with Crippen LogP contribution < -0.4 is 11.1 Å². The average molecular weight is 221 g/mol. The fraction of sp³-hybridized carbons (Fsp3) is 0.417. The van der Waals surface area contributed by atoms with Crippen molar-refractivity contribution in [1.82, 2.24) is 5.32 Å². The van der Waals surface area contributed by atoms with Gasteiger partial charge in [0.15, 0.2) is 5.96 Å². The van der Waals surface area contributed by atoms with E-state index in [1.54, 1.807) is 19.2 Å². The molecule has 1 aliphatic rings. The molecule has 0 radical (unpaired) electrons. The number of halogens is 1. The molecule has 0 bridgehead atoms. The number of nitrogens with one attached hydrogen (secondary N) is 1. The van der Waals surface area contributed by atoms with Gasteiger partial charge in [-0.05, 0) is 36.5 Å². The molecule has 86 valence electrons. The molecule has 0 unspecified atom stereocenters. The van der Waals surface area contributed by atoms with Crippen molar-refractivity contribution in [2.24, 2.45) is 10.7 Å². The highest BCUT2D eigenvalue weighted by Crippen LogP contribution is 2.36. The minimum absolute atomic E-state index is 0.163. The predicted octanol–water partition coefficient (Wildman–Crippen LogP) is 1.61. The summed E-state index contributed by atoms with van der Waals surface area (Å²) in [5.74, 6) is 0.754. The van der Waals surface area contributed by atoms with Gasteiger partial charge >= 0.3 is 0 Å². The predicted molar refractivity (Wildman–Crippen MR) is 62.8 cm³/mol. The summed E-state index contributed by atoms with van der Waals surface area (Å²) in [6.45, 7) is 0. The van der Waals surface area contributed by atoms with Gasteiger partial charge in [-0.3, -0.25) is 4.99 Å². The lowest BCUT2D eigenvalue weighted by atomic mass is 9.76. The van der Waals surface area contributed by atoms with Crippen molar-refractivity contribution in [2.45, 2.75) is 24.8 Å². The third-order valence-electron chi connectivity index (χ3n) is 3.05. The van der Waals surface area contributed by atoms with Crippen LogP contribution in [0.4, 0.5) is 4.39 Å². The van der Waals surface area contributed by atoms with Gasteiger partial charge in [0.1, 0.15) is 5.82 Å². The van der Waals surface area contributed by atoms with Crippen LogP contribution in [0.1, 0.15) is 24.3 Å². The highest BCUT2D eigenvalue weighted by Gasteiger charge is 2.30. The summed E-state index contributed by atoms with van der Waals surface area (Å²) in [5, 5.41) is 3.11. The summed E-state index contributed by atoms with van der Waals surface area (Å²) in [6, 6.07) is 7.18. The van der Waals surface area contributed by atoms with E-state index in [2.05, 4.69) is 10.3 Å². The second-order valence-corrected chi connectivity index (χ2v) is 4.17. The van der Waals surface area contributed by atoms with Crippen LogP contribution in [0.25, 0.3) is 0 Å². The van der Waals surface area contributed by atoms with Gasteiger partial charge in [0.25, 0.3) is 0 Å². The zero-order valence-corrected chi connectivity index (χ0v) is 9.28. The highest BCUT2D eigenvalue weighted by molar-refractivity contribution is 5.78. The molecule has 0 amide bonds. The third kappa shape index (κ3) is 2.32. The molecule has 3 nitrogen and oxygen atoms in total. The highest BCUT2D eigenvalue weighted by atomic mass is 19.1. The Balaban J connectivity index is 1.89. The number of hydrogen-bond donors (Lipinski definition) is 2. The average Bonchev–Trinajstić information content (AvgIpc) is 2.22. The second-order valence-electron chi connectivity index (χ2n) is 4.17. The smallest absolute Gasteiger partial charge is 0.188 e. The van der Waals surface area contributed by atoms with Gasteiger partial charge in [-0.1, -0.05) is 12.1 Å². The first-order valence-corrected chi connectivity index (χ1v) is 5.43. The van der Waals surface area contributed by atoms with Crippen LogP contribution in [-0.4, -0.2) is 19.0 Å². The van der Waals surface area contributed by atoms with Crippen molar-refractivity contribution in [3.05, 3.63) is 35.6 Å².